The maximum atomic E-state index is 12.4. The smallest absolute Gasteiger partial charge is 0.260 e. The van der Waals surface area contributed by atoms with Crippen molar-refractivity contribution in [1.82, 2.24) is 9.62 Å². The first-order valence-electron chi connectivity index (χ1n) is 9.52. The molecule has 8 heteroatoms. The molecule has 1 amide bonds. The monoisotopic (exact) mass is 422 g/mol. The van der Waals surface area contributed by atoms with Crippen LogP contribution < -0.4 is 9.46 Å². The number of nitrogens with zero attached hydrogens (tertiary/aromatic N) is 1. The predicted octanol–water partition coefficient (Wildman–Crippen LogP) is 2.91. The summed E-state index contributed by atoms with van der Waals surface area (Å²) >= 11 is 1.32. The van der Waals surface area contributed by atoms with Crippen LogP contribution in [0.2, 0.25) is 0 Å². The molecule has 0 spiro atoms. The lowest BCUT2D eigenvalue weighted by Gasteiger charge is -2.32. The second-order valence-electron chi connectivity index (χ2n) is 6.85. The number of thiophene rings is 1. The van der Waals surface area contributed by atoms with E-state index in [1.165, 1.54) is 11.3 Å². The van der Waals surface area contributed by atoms with Crippen LogP contribution in [0.25, 0.3) is 0 Å². The minimum Gasteiger partial charge on any atom is -0.484 e. The van der Waals surface area contributed by atoms with E-state index in [1.54, 1.807) is 11.0 Å². The summed E-state index contributed by atoms with van der Waals surface area (Å²) in [6.45, 7) is 3.70. The van der Waals surface area contributed by atoms with E-state index in [-0.39, 0.29) is 18.4 Å². The summed E-state index contributed by atoms with van der Waals surface area (Å²) < 4.78 is 33.4. The van der Waals surface area contributed by atoms with E-state index in [4.69, 9.17) is 4.74 Å². The molecule has 1 N–H and O–H groups in total. The Labute approximate surface area is 170 Å². The second-order valence-corrected chi connectivity index (χ2v) is 10.0. The molecule has 2 heterocycles. The van der Waals surface area contributed by atoms with Crippen LogP contribution in [0, 0.1) is 5.92 Å². The molecule has 2 aromatic rings. The van der Waals surface area contributed by atoms with Gasteiger partial charge < -0.3 is 9.64 Å². The van der Waals surface area contributed by atoms with Gasteiger partial charge in [0.2, 0.25) is 10.0 Å². The molecule has 28 heavy (non-hydrogen) atoms. The fourth-order valence-electron chi connectivity index (χ4n) is 3.13. The zero-order valence-electron chi connectivity index (χ0n) is 16.0. The number of rotatable bonds is 8. The molecule has 0 unspecified atom stereocenters. The van der Waals surface area contributed by atoms with E-state index in [0.29, 0.717) is 29.6 Å². The Hall–Kier alpha value is -1.90. The molecule has 1 aliphatic heterocycles. The van der Waals surface area contributed by atoms with Crippen molar-refractivity contribution < 1.29 is 17.9 Å². The summed E-state index contributed by atoms with van der Waals surface area (Å²) in [5.74, 6) is 0.882. The van der Waals surface area contributed by atoms with Gasteiger partial charge in [-0.15, -0.1) is 11.3 Å². The lowest BCUT2D eigenvalue weighted by molar-refractivity contribution is -0.134. The average Bonchev–Trinajstić information content (AvgIpc) is 3.22. The standard InChI is InChI=1S/C20H26N2O4S2/c1-2-18-8-9-20(27-18)28(24,25)21-14-16-10-12-22(13-11-16)19(23)15-26-17-6-4-3-5-7-17/h3-9,16,21H,2,10-15H2,1H3. The molecule has 1 saturated heterocycles. The maximum absolute atomic E-state index is 12.4. The zero-order valence-corrected chi connectivity index (χ0v) is 17.6. The highest BCUT2D eigenvalue weighted by molar-refractivity contribution is 7.91. The van der Waals surface area contributed by atoms with Gasteiger partial charge in [0.05, 0.1) is 0 Å². The number of hydrogen-bond donors (Lipinski definition) is 1. The quantitative estimate of drug-likeness (QED) is 0.710. The van der Waals surface area contributed by atoms with Gasteiger partial charge in [0.1, 0.15) is 9.96 Å². The minimum absolute atomic E-state index is 0.0272. The number of carbonyl (C=O) groups excluding carboxylic acids is 1. The number of para-hydroxylation sites is 1. The number of amides is 1. The summed E-state index contributed by atoms with van der Waals surface area (Å²) in [6, 6.07) is 12.8. The summed E-state index contributed by atoms with van der Waals surface area (Å²) in [5.41, 5.74) is 0. The van der Waals surface area contributed by atoms with Crippen molar-refractivity contribution in [3.8, 4) is 5.75 Å². The third-order valence-corrected chi connectivity index (χ3v) is 8.03. The van der Waals surface area contributed by atoms with Crippen LogP contribution in [0.3, 0.4) is 0 Å². The first kappa shape index (κ1) is 20.8. The maximum Gasteiger partial charge on any atom is 0.260 e. The lowest BCUT2D eigenvalue weighted by atomic mass is 9.97. The SMILES string of the molecule is CCc1ccc(S(=O)(=O)NCC2CCN(C(=O)COc3ccccc3)CC2)s1. The number of aryl methyl sites for hydroxylation is 1. The molecule has 1 aromatic heterocycles. The number of ether oxygens (including phenoxy) is 1. The van der Waals surface area contributed by atoms with E-state index >= 15 is 0 Å². The molecule has 152 valence electrons. The highest BCUT2D eigenvalue weighted by Gasteiger charge is 2.25. The summed E-state index contributed by atoms with van der Waals surface area (Å²) in [4.78, 5) is 15.2. The summed E-state index contributed by atoms with van der Waals surface area (Å²) in [6.07, 6.45) is 2.40. The average molecular weight is 423 g/mol. The lowest BCUT2D eigenvalue weighted by Crippen LogP contribution is -2.43. The molecule has 0 aliphatic carbocycles. The molecule has 0 atom stereocenters. The topological polar surface area (TPSA) is 75.7 Å². The molecule has 0 saturated carbocycles. The molecule has 0 radical (unpaired) electrons. The van der Waals surface area contributed by atoms with Gasteiger partial charge in [-0.1, -0.05) is 25.1 Å². The summed E-state index contributed by atoms with van der Waals surface area (Å²) in [5, 5.41) is 0. The summed E-state index contributed by atoms with van der Waals surface area (Å²) in [7, 11) is -3.45. The Morgan fingerprint density at radius 1 is 1.18 bits per heavy atom. The fourth-order valence-corrected chi connectivity index (χ4v) is 5.59. The van der Waals surface area contributed by atoms with Crippen molar-refractivity contribution in [3.05, 3.63) is 47.3 Å². The molecule has 1 aliphatic rings. The number of piperidine rings is 1. The molecule has 0 bridgehead atoms. The van der Waals surface area contributed by atoms with Gasteiger partial charge in [0, 0.05) is 24.5 Å². The van der Waals surface area contributed by atoms with Crippen LogP contribution >= 0.6 is 11.3 Å². The van der Waals surface area contributed by atoms with Gasteiger partial charge >= 0.3 is 0 Å². The van der Waals surface area contributed by atoms with Gasteiger partial charge in [-0.05, 0) is 49.4 Å². The largest absolute Gasteiger partial charge is 0.484 e. The predicted molar refractivity (Wildman–Crippen MR) is 110 cm³/mol. The minimum atomic E-state index is -3.45. The number of hydrogen-bond acceptors (Lipinski definition) is 5. The van der Waals surface area contributed by atoms with Gasteiger partial charge in [-0.2, -0.15) is 0 Å². The third kappa shape index (κ3) is 5.56. The van der Waals surface area contributed by atoms with Gasteiger partial charge in [0.25, 0.3) is 5.91 Å². The zero-order chi connectivity index (χ0) is 20.0. The van der Waals surface area contributed by atoms with Crippen molar-refractivity contribution in [2.75, 3.05) is 26.2 Å². The van der Waals surface area contributed by atoms with E-state index in [1.807, 2.05) is 43.3 Å². The Balaban J connectivity index is 1.41. The van der Waals surface area contributed by atoms with Gasteiger partial charge in [0.15, 0.2) is 6.61 Å². The van der Waals surface area contributed by atoms with Crippen molar-refractivity contribution >= 4 is 27.3 Å². The molecule has 1 fully saturated rings. The van der Waals surface area contributed by atoms with Crippen molar-refractivity contribution in [2.45, 2.75) is 30.4 Å². The molecule has 6 nitrogen and oxygen atoms in total. The van der Waals surface area contributed by atoms with E-state index in [9.17, 15) is 13.2 Å². The van der Waals surface area contributed by atoms with Crippen LogP contribution in [-0.4, -0.2) is 45.5 Å². The number of carbonyl (C=O) groups is 1. The number of benzene rings is 1. The Morgan fingerprint density at radius 3 is 2.54 bits per heavy atom. The van der Waals surface area contributed by atoms with Crippen LogP contribution in [0.4, 0.5) is 0 Å². The van der Waals surface area contributed by atoms with Crippen LogP contribution in [0.1, 0.15) is 24.6 Å². The van der Waals surface area contributed by atoms with Crippen molar-refractivity contribution in [2.24, 2.45) is 5.92 Å². The van der Waals surface area contributed by atoms with Crippen molar-refractivity contribution in [1.29, 1.82) is 0 Å². The van der Waals surface area contributed by atoms with E-state index in [0.717, 1.165) is 24.1 Å². The molecular formula is C20H26N2O4S2. The fraction of sp³-hybridized carbons (Fsp3) is 0.450. The third-order valence-electron chi connectivity index (χ3n) is 4.89. The van der Waals surface area contributed by atoms with Crippen LogP contribution in [0.5, 0.6) is 5.75 Å². The highest BCUT2D eigenvalue weighted by atomic mass is 32.2. The van der Waals surface area contributed by atoms with E-state index < -0.39 is 10.0 Å². The normalized spacial score (nSPS) is 15.5. The van der Waals surface area contributed by atoms with Gasteiger partial charge in [-0.25, -0.2) is 13.1 Å². The van der Waals surface area contributed by atoms with Crippen molar-refractivity contribution in [3.63, 3.8) is 0 Å². The number of nitrogens with one attached hydrogen (secondary N) is 1. The van der Waals surface area contributed by atoms with E-state index in [2.05, 4.69) is 4.72 Å². The Kier molecular flexibility index (Phi) is 7.09. The Bertz CT molecular complexity index is 873. The molecule has 1 aromatic carbocycles. The highest BCUT2D eigenvalue weighted by Crippen LogP contribution is 2.23. The molecular weight excluding hydrogens is 396 g/mol. The number of sulfonamides is 1. The number of likely N-dealkylation sites (tertiary alicyclic amines) is 1. The van der Waals surface area contributed by atoms with Gasteiger partial charge in [-0.3, -0.25) is 4.79 Å². The van der Waals surface area contributed by atoms with Crippen LogP contribution in [-0.2, 0) is 21.2 Å². The molecule has 3 rings (SSSR count). The van der Waals surface area contributed by atoms with Crippen LogP contribution in [0.15, 0.2) is 46.7 Å². The Morgan fingerprint density at radius 2 is 1.89 bits per heavy atom. The first-order chi connectivity index (χ1) is 13.5. The first-order valence-corrected chi connectivity index (χ1v) is 11.8. The second kappa shape index (κ2) is 9.54.